The fourth-order valence-electron chi connectivity index (χ4n) is 4.91. The van der Waals surface area contributed by atoms with Crippen LogP contribution in [0, 0.1) is 5.92 Å². The maximum Gasteiger partial charge on any atom is 0.315 e. The van der Waals surface area contributed by atoms with Gasteiger partial charge in [0.05, 0.1) is 21.3 Å². The SMILES string of the molecule is COC(=O)C1C(C)=NC2=C(C(=O)CC(c3ccc(OC)c(OC)c3)C2)C1c1cccc(O)c1. The van der Waals surface area contributed by atoms with Crippen LogP contribution in [-0.2, 0) is 14.3 Å². The van der Waals surface area contributed by atoms with E-state index in [1.165, 1.54) is 7.11 Å². The second kappa shape index (κ2) is 9.10. The van der Waals surface area contributed by atoms with Gasteiger partial charge < -0.3 is 19.3 Å². The standard InChI is InChI=1S/C26H27NO6/c1-14-23(26(30)33-4)24(16-6-5-7-18(28)10-16)25-19(27-14)11-17(12-20(25)29)15-8-9-21(31-2)22(13-15)32-3/h5-10,13,17,23-24,28H,11-12H2,1-4H3. The number of methoxy groups -OCH3 is 3. The second-order valence-corrected chi connectivity index (χ2v) is 8.33. The molecule has 2 aromatic carbocycles. The van der Waals surface area contributed by atoms with Crippen LogP contribution in [0.2, 0.25) is 0 Å². The molecule has 1 N–H and O–H groups in total. The molecule has 0 radical (unpaired) electrons. The molecule has 4 rings (SSSR count). The maximum absolute atomic E-state index is 13.5. The number of hydrogen-bond donors (Lipinski definition) is 1. The third-order valence-corrected chi connectivity index (χ3v) is 6.45. The predicted octanol–water partition coefficient (Wildman–Crippen LogP) is 4.16. The van der Waals surface area contributed by atoms with E-state index in [1.54, 1.807) is 39.3 Å². The van der Waals surface area contributed by atoms with Gasteiger partial charge in [0.1, 0.15) is 11.7 Å². The Kier molecular flexibility index (Phi) is 6.22. The highest BCUT2D eigenvalue weighted by atomic mass is 16.5. The Morgan fingerprint density at radius 2 is 1.76 bits per heavy atom. The number of carbonyl (C=O) groups is 2. The number of aromatic hydroxyl groups is 1. The summed E-state index contributed by atoms with van der Waals surface area (Å²) in [6, 6.07) is 12.3. The molecular weight excluding hydrogens is 422 g/mol. The van der Waals surface area contributed by atoms with Gasteiger partial charge in [-0.15, -0.1) is 0 Å². The maximum atomic E-state index is 13.5. The third kappa shape index (κ3) is 4.11. The van der Waals surface area contributed by atoms with Crippen molar-refractivity contribution >= 4 is 17.5 Å². The number of nitrogens with zero attached hydrogens (tertiary/aromatic N) is 1. The minimum Gasteiger partial charge on any atom is -0.508 e. The third-order valence-electron chi connectivity index (χ3n) is 6.45. The first-order valence-electron chi connectivity index (χ1n) is 10.8. The molecule has 0 bridgehead atoms. The molecule has 7 nitrogen and oxygen atoms in total. The van der Waals surface area contributed by atoms with Gasteiger partial charge in [-0.25, -0.2) is 0 Å². The molecule has 2 aliphatic rings. The number of rotatable bonds is 5. The lowest BCUT2D eigenvalue weighted by atomic mass is 9.69. The first-order valence-corrected chi connectivity index (χ1v) is 10.8. The Labute approximate surface area is 192 Å². The number of Topliss-reactive ketones (excluding diaryl/α,β-unsaturated/α-hetero) is 1. The van der Waals surface area contributed by atoms with Gasteiger partial charge in [0.25, 0.3) is 0 Å². The number of esters is 1. The molecule has 172 valence electrons. The summed E-state index contributed by atoms with van der Waals surface area (Å²) in [5, 5.41) is 10.1. The van der Waals surface area contributed by atoms with Crippen molar-refractivity contribution in [2.75, 3.05) is 21.3 Å². The van der Waals surface area contributed by atoms with E-state index < -0.39 is 17.8 Å². The zero-order chi connectivity index (χ0) is 23.7. The zero-order valence-corrected chi connectivity index (χ0v) is 19.1. The van der Waals surface area contributed by atoms with Crippen LogP contribution in [0.5, 0.6) is 17.2 Å². The molecule has 1 heterocycles. The molecule has 0 spiro atoms. The smallest absolute Gasteiger partial charge is 0.315 e. The number of phenols is 1. The summed E-state index contributed by atoms with van der Waals surface area (Å²) in [4.78, 5) is 31.0. The molecule has 1 aliphatic heterocycles. The van der Waals surface area contributed by atoms with Gasteiger partial charge in [-0.2, -0.15) is 0 Å². The Morgan fingerprint density at radius 3 is 2.42 bits per heavy atom. The van der Waals surface area contributed by atoms with E-state index in [4.69, 9.17) is 19.2 Å². The van der Waals surface area contributed by atoms with E-state index in [2.05, 4.69) is 0 Å². The molecular formula is C26H27NO6. The van der Waals surface area contributed by atoms with Gasteiger partial charge in [-0.1, -0.05) is 18.2 Å². The van der Waals surface area contributed by atoms with Crippen LogP contribution in [0.4, 0.5) is 0 Å². The second-order valence-electron chi connectivity index (χ2n) is 8.33. The number of hydrogen-bond acceptors (Lipinski definition) is 7. The Bertz CT molecular complexity index is 1170. The number of phenolic OH excluding ortho intramolecular Hbond substituents is 1. The lowest BCUT2D eigenvalue weighted by Crippen LogP contribution is -2.37. The molecule has 0 saturated carbocycles. The number of benzene rings is 2. The van der Waals surface area contributed by atoms with Crippen molar-refractivity contribution in [1.29, 1.82) is 0 Å². The summed E-state index contributed by atoms with van der Waals surface area (Å²) >= 11 is 0. The van der Waals surface area contributed by atoms with Gasteiger partial charge >= 0.3 is 5.97 Å². The Balaban J connectivity index is 1.79. The first-order chi connectivity index (χ1) is 15.9. The molecule has 0 aromatic heterocycles. The monoisotopic (exact) mass is 449 g/mol. The lowest BCUT2D eigenvalue weighted by Gasteiger charge is -2.36. The molecule has 33 heavy (non-hydrogen) atoms. The highest BCUT2D eigenvalue weighted by molar-refractivity contribution is 6.09. The lowest BCUT2D eigenvalue weighted by molar-refractivity contribution is -0.143. The molecule has 3 unspecified atom stereocenters. The summed E-state index contributed by atoms with van der Waals surface area (Å²) < 4.78 is 15.8. The largest absolute Gasteiger partial charge is 0.508 e. The van der Waals surface area contributed by atoms with Crippen LogP contribution < -0.4 is 9.47 Å². The van der Waals surface area contributed by atoms with Crippen LogP contribution in [0.3, 0.4) is 0 Å². The van der Waals surface area contributed by atoms with E-state index in [9.17, 15) is 14.7 Å². The summed E-state index contributed by atoms with van der Waals surface area (Å²) in [6.07, 6.45) is 0.837. The van der Waals surface area contributed by atoms with E-state index in [-0.39, 0.29) is 23.9 Å². The van der Waals surface area contributed by atoms with Gasteiger partial charge in [0.15, 0.2) is 17.3 Å². The van der Waals surface area contributed by atoms with Gasteiger partial charge in [0.2, 0.25) is 0 Å². The zero-order valence-electron chi connectivity index (χ0n) is 19.1. The van der Waals surface area contributed by atoms with Gasteiger partial charge in [-0.3, -0.25) is 14.6 Å². The van der Waals surface area contributed by atoms with Gasteiger partial charge in [0, 0.05) is 29.3 Å². The summed E-state index contributed by atoms with van der Waals surface area (Å²) in [7, 11) is 4.49. The van der Waals surface area contributed by atoms with E-state index in [0.29, 0.717) is 40.5 Å². The van der Waals surface area contributed by atoms with Crippen LogP contribution in [-0.4, -0.2) is 43.9 Å². The van der Waals surface area contributed by atoms with Crippen molar-refractivity contribution in [3.63, 3.8) is 0 Å². The van der Waals surface area contributed by atoms with Crippen molar-refractivity contribution in [1.82, 2.24) is 0 Å². The molecule has 3 atom stereocenters. The average molecular weight is 450 g/mol. The number of aliphatic imine (C=N–C) groups is 1. The quantitative estimate of drug-likeness (QED) is 0.689. The fraction of sp³-hybridized carbons (Fsp3) is 0.346. The van der Waals surface area contributed by atoms with Crippen molar-refractivity contribution in [3.05, 3.63) is 64.9 Å². The van der Waals surface area contributed by atoms with Crippen LogP contribution in [0.15, 0.2) is 58.7 Å². The van der Waals surface area contributed by atoms with Crippen LogP contribution in [0.1, 0.15) is 42.7 Å². The normalized spacial score (nSPS) is 22.4. The molecule has 2 aromatic rings. The van der Waals surface area contributed by atoms with E-state index in [0.717, 1.165) is 5.56 Å². The topological polar surface area (TPSA) is 94.4 Å². The number of carbonyl (C=O) groups excluding carboxylic acids is 2. The average Bonchev–Trinajstić information content (AvgIpc) is 2.82. The first kappa shape index (κ1) is 22.6. The summed E-state index contributed by atoms with van der Waals surface area (Å²) in [5.41, 5.74) is 3.44. The number of ketones is 1. The minimum atomic E-state index is -0.725. The predicted molar refractivity (Wildman–Crippen MR) is 123 cm³/mol. The number of allylic oxidation sites excluding steroid dienone is 2. The van der Waals surface area contributed by atoms with E-state index >= 15 is 0 Å². The van der Waals surface area contributed by atoms with Crippen molar-refractivity contribution in [2.24, 2.45) is 10.9 Å². The molecule has 7 heteroatoms. The van der Waals surface area contributed by atoms with Crippen LogP contribution in [0.25, 0.3) is 0 Å². The van der Waals surface area contributed by atoms with Crippen LogP contribution >= 0.6 is 0 Å². The van der Waals surface area contributed by atoms with E-state index in [1.807, 2.05) is 24.3 Å². The molecule has 0 amide bonds. The Morgan fingerprint density at radius 1 is 1.00 bits per heavy atom. The molecule has 0 saturated heterocycles. The minimum absolute atomic E-state index is 0.0606. The number of ether oxygens (including phenoxy) is 3. The highest BCUT2D eigenvalue weighted by Crippen LogP contribution is 2.47. The van der Waals surface area contributed by atoms with Crippen molar-refractivity contribution in [2.45, 2.75) is 31.6 Å². The fourth-order valence-corrected chi connectivity index (χ4v) is 4.91. The summed E-state index contributed by atoms with van der Waals surface area (Å²) in [6.45, 7) is 1.78. The van der Waals surface area contributed by atoms with Crippen molar-refractivity contribution in [3.8, 4) is 17.2 Å². The highest BCUT2D eigenvalue weighted by Gasteiger charge is 2.44. The molecule has 1 aliphatic carbocycles. The Hall–Kier alpha value is -3.61. The summed E-state index contributed by atoms with van der Waals surface area (Å²) in [5.74, 6) is -0.570. The molecule has 0 fully saturated rings. The van der Waals surface area contributed by atoms with Crippen molar-refractivity contribution < 1.29 is 28.9 Å². The van der Waals surface area contributed by atoms with Gasteiger partial charge in [-0.05, 0) is 54.7 Å².